The molecule has 0 radical (unpaired) electrons. The molecule has 0 amide bonds. The van der Waals surface area contributed by atoms with Gasteiger partial charge in [0.25, 0.3) is 0 Å². The molecule has 0 spiro atoms. The van der Waals surface area contributed by atoms with Crippen molar-refractivity contribution < 1.29 is 0 Å². The second-order valence-corrected chi connectivity index (χ2v) is 4.65. The number of pyridine rings is 1. The number of nitrogen functional groups attached to an aromatic ring is 1. The van der Waals surface area contributed by atoms with Crippen LogP contribution in [0.3, 0.4) is 0 Å². The van der Waals surface area contributed by atoms with E-state index in [0.29, 0.717) is 0 Å². The van der Waals surface area contributed by atoms with Gasteiger partial charge < -0.3 is 10.6 Å². The summed E-state index contributed by atoms with van der Waals surface area (Å²) in [5.74, 6) is 1.03. The lowest BCUT2D eigenvalue weighted by molar-refractivity contribution is 0.258. The van der Waals surface area contributed by atoms with Crippen LogP contribution < -0.4 is 10.6 Å². The maximum absolute atomic E-state index is 7.46. The van der Waals surface area contributed by atoms with Crippen molar-refractivity contribution in [2.24, 2.45) is 5.73 Å². The summed E-state index contributed by atoms with van der Waals surface area (Å²) in [6, 6.07) is 3.68. The van der Waals surface area contributed by atoms with Crippen molar-refractivity contribution >= 4 is 11.7 Å². The molecule has 0 aromatic carbocycles. The Bertz CT molecular complexity index is 410. The van der Waals surface area contributed by atoms with Crippen LogP contribution in [0.15, 0.2) is 18.3 Å². The normalized spacial score (nSPS) is 16.8. The second kappa shape index (κ2) is 5.82. The highest BCUT2D eigenvalue weighted by Crippen LogP contribution is 2.15. The maximum Gasteiger partial charge on any atom is 0.129 e. The van der Waals surface area contributed by atoms with Crippen LogP contribution in [0.4, 0.5) is 5.82 Å². The molecule has 5 nitrogen and oxygen atoms in total. The number of rotatable bonds is 4. The molecule has 0 atom stereocenters. The summed E-state index contributed by atoms with van der Waals surface area (Å²) in [7, 11) is 0. The fraction of sp³-hybridized carbons (Fsp3) is 0.538. The Balaban J connectivity index is 2.01. The van der Waals surface area contributed by atoms with Crippen molar-refractivity contribution in [3.8, 4) is 0 Å². The number of piperazine rings is 1. The van der Waals surface area contributed by atoms with Gasteiger partial charge in [0.05, 0.1) is 0 Å². The predicted molar refractivity (Wildman–Crippen MR) is 74.2 cm³/mol. The first kappa shape index (κ1) is 12.8. The van der Waals surface area contributed by atoms with Crippen LogP contribution in [0.1, 0.15) is 18.9 Å². The molecule has 2 rings (SSSR count). The molecule has 0 saturated carbocycles. The maximum atomic E-state index is 7.46. The molecule has 2 heterocycles. The molecule has 1 saturated heterocycles. The third kappa shape index (κ3) is 2.98. The van der Waals surface area contributed by atoms with Crippen LogP contribution in [0.2, 0.25) is 0 Å². The summed E-state index contributed by atoms with van der Waals surface area (Å²) >= 11 is 0. The highest BCUT2D eigenvalue weighted by atomic mass is 15.3. The zero-order valence-corrected chi connectivity index (χ0v) is 10.9. The first-order chi connectivity index (χ1) is 8.70. The minimum atomic E-state index is 0.100. The summed E-state index contributed by atoms with van der Waals surface area (Å²) in [5.41, 5.74) is 6.25. The fourth-order valence-electron chi connectivity index (χ4n) is 2.28. The summed E-state index contributed by atoms with van der Waals surface area (Å²) in [5, 5.41) is 7.46. The average molecular weight is 247 g/mol. The van der Waals surface area contributed by atoms with Crippen molar-refractivity contribution in [2.75, 3.05) is 37.6 Å². The van der Waals surface area contributed by atoms with Gasteiger partial charge in [-0.05, 0) is 25.1 Å². The number of hydrogen-bond donors (Lipinski definition) is 2. The number of anilines is 1. The Morgan fingerprint density at radius 1 is 1.39 bits per heavy atom. The van der Waals surface area contributed by atoms with Gasteiger partial charge in [0, 0.05) is 37.9 Å². The van der Waals surface area contributed by atoms with E-state index in [9.17, 15) is 0 Å². The van der Waals surface area contributed by atoms with Gasteiger partial charge in [0.15, 0.2) is 0 Å². The molecule has 1 aromatic rings. The third-order valence-electron chi connectivity index (χ3n) is 3.29. The molecular weight excluding hydrogens is 226 g/mol. The number of nitrogens with two attached hydrogens (primary N) is 1. The van der Waals surface area contributed by atoms with E-state index in [4.69, 9.17) is 11.1 Å². The molecule has 0 bridgehead atoms. The zero-order chi connectivity index (χ0) is 13.0. The summed E-state index contributed by atoms with van der Waals surface area (Å²) in [6.45, 7) is 7.54. The van der Waals surface area contributed by atoms with Gasteiger partial charge >= 0.3 is 0 Å². The van der Waals surface area contributed by atoms with Crippen molar-refractivity contribution in [1.29, 1.82) is 5.41 Å². The van der Waals surface area contributed by atoms with Gasteiger partial charge in [0.1, 0.15) is 11.7 Å². The topological polar surface area (TPSA) is 69.2 Å². The molecule has 18 heavy (non-hydrogen) atoms. The average Bonchev–Trinajstić information content (AvgIpc) is 2.40. The minimum absolute atomic E-state index is 0.100. The van der Waals surface area contributed by atoms with Crippen molar-refractivity contribution in [3.63, 3.8) is 0 Å². The standard InChI is InChI=1S/C13H21N5/c1-2-5-17-6-8-18(9-7-17)12-10-11(13(14)15)3-4-16-12/h3-4,10H,2,5-9H2,1H3,(H3,14,15). The molecule has 5 heteroatoms. The SMILES string of the molecule is CCCN1CCN(c2cc(C(=N)N)ccn2)CC1. The molecule has 1 fully saturated rings. The molecule has 3 N–H and O–H groups in total. The van der Waals surface area contributed by atoms with Gasteiger partial charge in [-0.3, -0.25) is 10.3 Å². The smallest absolute Gasteiger partial charge is 0.129 e. The van der Waals surface area contributed by atoms with Crippen LogP contribution in [-0.4, -0.2) is 48.4 Å². The third-order valence-corrected chi connectivity index (χ3v) is 3.29. The highest BCUT2D eigenvalue weighted by molar-refractivity contribution is 5.95. The Kier molecular flexibility index (Phi) is 4.15. The Morgan fingerprint density at radius 3 is 2.72 bits per heavy atom. The zero-order valence-electron chi connectivity index (χ0n) is 10.9. The minimum Gasteiger partial charge on any atom is -0.384 e. The first-order valence-corrected chi connectivity index (χ1v) is 6.48. The van der Waals surface area contributed by atoms with Crippen molar-refractivity contribution in [1.82, 2.24) is 9.88 Å². The quantitative estimate of drug-likeness (QED) is 0.612. The van der Waals surface area contributed by atoms with Gasteiger partial charge in [-0.2, -0.15) is 0 Å². The van der Waals surface area contributed by atoms with Crippen LogP contribution >= 0.6 is 0 Å². The second-order valence-electron chi connectivity index (χ2n) is 4.65. The number of amidine groups is 1. The van der Waals surface area contributed by atoms with Gasteiger partial charge in [-0.1, -0.05) is 6.92 Å². The van der Waals surface area contributed by atoms with Gasteiger partial charge in [-0.25, -0.2) is 4.98 Å². The van der Waals surface area contributed by atoms with E-state index in [-0.39, 0.29) is 5.84 Å². The van der Waals surface area contributed by atoms with E-state index >= 15 is 0 Å². The number of hydrogen-bond acceptors (Lipinski definition) is 4. The van der Waals surface area contributed by atoms with E-state index < -0.39 is 0 Å². The van der Waals surface area contributed by atoms with E-state index in [2.05, 4.69) is 21.7 Å². The van der Waals surface area contributed by atoms with E-state index in [1.165, 1.54) is 13.0 Å². The van der Waals surface area contributed by atoms with Crippen molar-refractivity contribution in [2.45, 2.75) is 13.3 Å². The van der Waals surface area contributed by atoms with Crippen molar-refractivity contribution in [3.05, 3.63) is 23.9 Å². The van der Waals surface area contributed by atoms with Gasteiger partial charge in [0.2, 0.25) is 0 Å². The molecular formula is C13H21N5. The number of nitrogens with one attached hydrogen (secondary N) is 1. The Morgan fingerprint density at radius 2 is 2.11 bits per heavy atom. The summed E-state index contributed by atoms with van der Waals surface area (Å²) in [4.78, 5) is 9.11. The molecule has 1 aliphatic rings. The van der Waals surface area contributed by atoms with Crippen LogP contribution in [0, 0.1) is 5.41 Å². The number of nitrogens with zero attached hydrogens (tertiary/aromatic N) is 3. The molecule has 1 aromatic heterocycles. The molecule has 0 aliphatic carbocycles. The van der Waals surface area contributed by atoms with Gasteiger partial charge in [-0.15, -0.1) is 0 Å². The monoisotopic (exact) mass is 247 g/mol. The lowest BCUT2D eigenvalue weighted by atomic mass is 10.2. The Hall–Kier alpha value is -1.62. The molecule has 1 aliphatic heterocycles. The first-order valence-electron chi connectivity index (χ1n) is 6.48. The molecule has 98 valence electrons. The van der Waals surface area contributed by atoms with E-state index in [1.807, 2.05) is 6.07 Å². The van der Waals surface area contributed by atoms with Crippen LogP contribution in [0.25, 0.3) is 0 Å². The summed E-state index contributed by atoms with van der Waals surface area (Å²) < 4.78 is 0. The van der Waals surface area contributed by atoms with E-state index in [0.717, 1.165) is 37.6 Å². The molecule has 0 unspecified atom stereocenters. The van der Waals surface area contributed by atoms with E-state index in [1.54, 1.807) is 12.3 Å². The summed E-state index contributed by atoms with van der Waals surface area (Å²) in [6.07, 6.45) is 2.93. The lowest BCUT2D eigenvalue weighted by Crippen LogP contribution is -2.46. The largest absolute Gasteiger partial charge is 0.384 e. The Labute approximate surface area is 108 Å². The fourth-order valence-corrected chi connectivity index (χ4v) is 2.28. The highest BCUT2D eigenvalue weighted by Gasteiger charge is 2.17. The lowest BCUT2D eigenvalue weighted by Gasteiger charge is -2.35. The van der Waals surface area contributed by atoms with Crippen LogP contribution in [0.5, 0.6) is 0 Å². The predicted octanol–water partition coefficient (Wildman–Crippen LogP) is 0.898. The number of aromatic nitrogens is 1. The van der Waals surface area contributed by atoms with Crippen LogP contribution in [-0.2, 0) is 0 Å².